The van der Waals surface area contributed by atoms with Crippen LogP contribution in [0, 0.1) is 6.92 Å². The van der Waals surface area contributed by atoms with Crippen LogP contribution in [0.2, 0.25) is 0 Å². The van der Waals surface area contributed by atoms with Gasteiger partial charge in [0.2, 0.25) is 11.8 Å². The van der Waals surface area contributed by atoms with Gasteiger partial charge in [-0.15, -0.1) is 0 Å². The van der Waals surface area contributed by atoms with Gasteiger partial charge in [0.1, 0.15) is 0 Å². The minimum atomic E-state index is 0.110. The van der Waals surface area contributed by atoms with E-state index in [1.54, 1.807) is 6.92 Å². The van der Waals surface area contributed by atoms with Gasteiger partial charge in [0.25, 0.3) is 0 Å². The highest BCUT2D eigenvalue weighted by atomic mass is 16.5. The number of hydrogen-bond donors (Lipinski definition) is 2. The number of carbonyl (C=O) groups is 1. The van der Waals surface area contributed by atoms with Crippen LogP contribution in [0.15, 0.2) is 4.52 Å². The molecule has 1 fully saturated rings. The zero-order chi connectivity index (χ0) is 11.4. The van der Waals surface area contributed by atoms with Crippen molar-refractivity contribution in [1.29, 1.82) is 0 Å². The molecule has 16 heavy (non-hydrogen) atoms. The molecule has 88 valence electrons. The number of hydrogen-bond acceptors (Lipinski definition) is 5. The number of carbonyl (C=O) groups excluding carboxylic acids is 1. The Morgan fingerprint density at radius 3 is 3.25 bits per heavy atom. The lowest BCUT2D eigenvalue weighted by atomic mass is 10.1. The van der Waals surface area contributed by atoms with Crippen molar-refractivity contribution in [3.8, 4) is 0 Å². The average Bonchev–Trinajstić information content (AvgIpc) is 2.55. The molecule has 0 aliphatic carbocycles. The molecule has 1 atom stereocenters. The number of rotatable bonds is 3. The molecule has 1 aliphatic rings. The summed E-state index contributed by atoms with van der Waals surface area (Å²) >= 11 is 0. The first kappa shape index (κ1) is 11.1. The van der Waals surface area contributed by atoms with Crippen molar-refractivity contribution in [3.05, 3.63) is 11.7 Å². The smallest absolute Gasteiger partial charge is 0.223 e. The maximum atomic E-state index is 11.3. The number of amides is 1. The summed E-state index contributed by atoms with van der Waals surface area (Å²) in [6, 6.07) is 0.210. The molecule has 6 nitrogen and oxygen atoms in total. The summed E-state index contributed by atoms with van der Waals surface area (Å²) in [7, 11) is 0. The predicted octanol–water partition coefficient (Wildman–Crippen LogP) is 0.136. The molecule has 6 heteroatoms. The third kappa shape index (κ3) is 3.03. The standard InChI is InChI=1S/C10H16N4O2/c1-7-13-9(14-16-7)6-12-8-3-2-4-11-10(15)5-8/h8,12H,2-6H2,1H3,(H,11,15). The van der Waals surface area contributed by atoms with Gasteiger partial charge >= 0.3 is 0 Å². The Balaban J connectivity index is 1.82. The lowest BCUT2D eigenvalue weighted by molar-refractivity contribution is -0.121. The first-order valence-corrected chi connectivity index (χ1v) is 5.53. The van der Waals surface area contributed by atoms with Gasteiger partial charge in [0.15, 0.2) is 5.82 Å². The van der Waals surface area contributed by atoms with Gasteiger partial charge in [-0.1, -0.05) is 5.16 Å². The van der Waals surface area contributed by atoms with Gasteiger partial charge in [0, 0.05) is 25.9 Å². The predicted molar refractivity (Wildman–Crippen MR) is 56.5 cm³/mol. The second kappa shape index (κ2) is 5.07. The normalized spacial score (nSPS) is 21.6. The maximum absolute atomic E-state index is 11.3. The van der Waals surface area contributed by atoms with E-state index in [4.69, 9.17) is 4.52 Å². The van der Waals surface area contributed by atoms with Crippen LogP contribution in [0.5, 0.6) is 0 Å². The Bertz CT molecular complexity index is 363. The summed E-state index contributed by atoms with van der Waals surface area (Å²) in [6.07, 6.45) is 2.53. The van der Waals surface area contributed by atoms with Gasteiger partial charge in [-0.2, -0.15) is 4.98 Å². The van der Waals surface area contributed by atoms with Crippen LogP contribution in [-0.4, -0.2) is 28.6 Å². The highest BCUT2D eigenvalue weighted by molar-refractivity contribution is 5.76. The second-order valence-electron chi connectivity index (χ2n) is 4.00. The molecule has 2 N–H and O–H groups in total. The van der Waals surface area contributed by atoms with Crippen LogP contribution in [0.4, 0.5) is 0 Å². The molecule has 1 unspecified atom stereocenters. The third-order valence-corrected chi connectivity index (χ3v) is 2.60. The lowest BCUT2D eigenvalue weighted by Gasteiger charge is -2.12. The zero-order valence-corrected chi connectivity index (χ0v) is 9.32. The first-order valence-electron chi connectivity index (χ1n) is 5.53. The van der Waals surface area contributed by atoms with Crippen LogP contribution in [0.1, 0.15) is 31.0 Å². The number of aryl methyl sites for hydroxylation is 1. The van der Waals surface area contributed by atoms with E-state index in [9.17, 15) is 4.79 Å². The molecule has 1 amide bonds. The van der Waals surface area contributed by atoms with Crippen LogP contribution in [0.3, 0.4) is 0 Å². The van der Waals surface area contributed by atoms with Crippen LogP contribution in [-0.2, 0) is 11.3 Å². The third-order valence-electron chi connectivity index (χ3n) is 2.60. The SMILES string of the molecule is Cc1nc(CNC2CCCNC(=O)C2)no1. The fourth-order valence-corrected chi connectivity index (χ4v) is 1.80. The zero-order valence-electron chi connectivity index (χ0n) is 9.32. The largest absolute Gasteiger partial charge is 0.356 e. The molecule has 1 saturated heterocycles. The number of aromatic nitrogens is 2. The maximum Gasteiger partial charge on any atom is 0.223 e. The molecular weight excluding hydrogens is 208 g/mol. The number of nitrogens with zero attached hydrogens (tertiary/aromatic N) is 2. The fraction of sp³-hybridized carbons (Fsp3) is 0.700. The van der Waals surface area contributed by atoms with Gasteiger partial charge in [-0.3, -0.25) is 4.79 Å². The highest BCUT2D eigenvalue weighted by Crippen LogP contribution is 2.06. The van der Waals surface area contributed by atoms with E-state index in [1.807, 2.05) is 0 Å². The molecule has 1 aromatic heterocycles. The summed E-state index contributed by atoms with van der Waals surface area (Å²) in [5, 5.41) is 9.92. The van der Waals surface area contributed by atoms with E-state index in [-0.39, 0.29) is 11.9 Å². The van der Waals surface area contributed by atoms with Gasteiger partial charge in [-0.05, 0) is 12.8 Å². The molecule has 0 aromatic carbocycles. The van der Waals surface area contributed by atoms with Gasteiger partial charge < -0.3 is 15.2 Å². The van der Waals surface area contributed by atoms with Crippen molar-refractivity contribution in [3.63, 3.8) is 0 Å². The lowest BCUT2D eigenvalue weighted by Crippen LogP contribution is -2.32. The summed E-state index contributed by atoms with van der Waals surface area (Å²) in [5.41, 5.74) is 0. The first-order chi connectivity index (χ1) is 7.74. The van der Waals surface area contributed by atoms with Crippen molar-refractivity contribution < 1.29 is 9.32 Å². The molecule has 0 spiro atoms. The summed E-state index contributed by atoms with van der Waals surface area (Å²) in [5.74, 6) is 1.32. The van der Waals surface area contributed by atoms with Gasteiger partial charge in [-0.25, -0.2) is 0 Å². The van der Waals surface area contributed by atoms with E-state index in [0.29, 0.717) is 24.7 Å². The van der Waals surface area contributed by atoms with Crippen LogP contribution in [0.25, 0.3) is 0 Å². The quantitative estimate of drug-likeness (QED) is 0.763. The molecule has 0 saturated carbocycles. The summed E-state index contributed by atoms with van der Waals surface area (Å²) in [6.45, 7) is 3.09. The van der Waals surface area contributed by atoms with Crippen LogP contribution >= 0.6 is 0 Å². The summed E-state index contributed by atoms with van der Waals surface area (Å²) in [4.78, 5) is 15.4. The van der Waals surface area contributed by atoms with Crippen molar-refractivity contribution in [2.24, 2.45) is 0 Å². The fourth-order valence-electron chi connectivity index (χ4n) is 1.80. The molecule has 0 bridgehead atoms. The van der Waals surface area contributed by atoms with E-state index in [2.05, 4.69) is 20.8 Å². The molecule has 1 aromatic rings. The molecule has 0 radical (unpaired) electrons. The highest BCUT2D eigenvalue weighted by Gasteiger charge is 2.17. The van der Waals surface area contributed by atoms with E-state index < -0.39 is 0 Å². The molecular formula is C10H16N4O2. The Morgan fingerprint density at radius 2 is 2.50 bits per heavy atom. The van der Waals surface area contributed by atoms with Crippen molar-refractivity contribution >= 4 is 5.91 Å². The van der Waals surface area contributed by atoms with E-state index in [0.717, 1.165) is 19.4 Å². The average molecular weight is 224 g/mol. The van der Waals surface area contributed by atoms with Crippen molar-refractivity contribution in [1.82, 2.24) is 20.8 Å². The molecule has 2 heterocycles. The van der Waals surface area contributed by atoms with Gasteiger partial charge in [0.05, 0.1) is 6.54 Å². The minimum absolute atomic E-state index is 0.110. The van der Waals surface area contributed by atoms with E-state index in [1.165, 1.54) is 0 Å². The van der Waals surface area contributed by atoms with Crippen molar-refractivity contribution in [2.45, 2.75) is 38.8 Å². The molecule has 1 aliphatic heterocycles. The van der Waals surface area contributed by atoms with E-state index >= 15 is 0 Å². The molecule has 2 rings (SSSR count). The van der Waals surface area contributed by atoms with Crippen LogP contribution < -0.4 is 10.6 Å². The Labute approximate surface area is 93.8 Å². The summed E-state index contributed by atoms with van der Waals surface area (Å²) < 4.78 is 4.87. The Hall–Kier alpha value is -1.43. The Kier molecular flexibility index (Phi) is 3.51. The van der Waals surface area contributed by atoms with Crippen molar-refractivity contribution in [2.75, 3.05) is 6.54 Å². The second-order valence-corrected chi connectivity index (χ2v) is 4.00. The number of nitrogens with one attached hydrogen (secondary N) is 2. The monoisotopic (exact) mass is 224 g/mol. The topological polar surface area (TPSA) is 80.0 Å². The Morgan fingerprint density at radius 1 is 1.62 bits per heavy atom. The minimum Gasteiger partial charge on any atom is -0.356 e.